The van der Waals surface area contributed by atoms with Crippen molar-refractivity contribution in [3.63, 3.8) is 0 Å². The van der Waals surface area contributed by atoms with E-state index in [1.54, 1.807) is 18.2 Å². The summed E-state index contributed by atoms with van der Waals surface area (Å²) in [5.41, 5.74) is 1.02. The molecule has 0 aliphatic heterocycles. The summed E-state index contributed by atoms with van der Waals surface area (Å²) < 4.78 is 4.10. The summed E-state index contributed by atoms with van der Waals surface area (Å²) in [7, 11) is 0. The summed E-state index contributed by atoms with van der Waals surface area (Å²) in [5.74, 6) is 1.13. The number of hydrogen-bond donors (Lipinski definition) is 0. The second kappa shape index (κ2) is 6.87. The van der Waals surface area contributed by atoms with Gasteiger partial charge in [0.05, 0.1) is 0 Å². The third kappa shape index (κ3) is 7.76. The lowest BCUT2D eigenvalue weighted by atomic mass is 10.4. The first-order valence-electron chi connectivity index (χ1n) is 3.58. The van der Waals surface area contributed by atoms with Crippen molar-refractivity contribution >= 4 is 18.2 Å². The highest BCUT2D eigenvalue weighted by atomic mass is 32.2. The van der Waals surface area contributed by atoms with Gasteiger partial charge in [-0.25, -0.2) is 4.40 Å². The Morgan fingerprint density at radius 2 is 2.40 bits per heavy atom. The molecule has 0 aliphatic carbocycles. The Morgan fingerprint density at radius 3 is 2.90 bits per heavy atom. The van der Waals surface area contributed by atoms with Gasteiger partial charge < -0.3 is 0 Å². The number of nitrogens with zero attached hydrogens (tertiary/aromatic N) is 1. The first kappa shape index (κ1) is 9.76. The molecule has 0 aromatic carbocycles. The van der Waals surface area contributed by atoms with Crippen molar-refractivity contribution in [1.29, 1.82) is 0 Å². The highest BCUT2D eigenvalue weighted by molar-refractivity contribution is 7.98. The molecule has 0 aromatic heterocycles. The van der Waals surface area contributed by atoms with Crippen LogP contribution >= 0.6 is 11.9 Å². The summed E-state index contributed by atoms with van der Waals surface area (Å²) in [6.45, 7) is 7.84. The molecule has 0 unspecified atom stereocenters. The molecule has 0 saturated carbocycles. The van der Waals surface area contributed by atoms with Crippen LogP contribution in [0.2, 0.25) is 0 Å². The van der Waals surface area contributed by atoms with Gasteiger partial charge in [-0.15, -0.1) is 0 Å². The number of unbranched alkanes of at least 4 members (excludes halogenated alkanes) is 1. The molecule has 0 aliphatic rings. The molecule has 0 aromatic rings. The van der Waals surface area contributed by atoms with E-state index in [1.165, 1.54) is 12.8 Å². The monoisotopic (exact) mass is 157 g/mol. The largest absolute Gasteiger partial charge is 0.224 e. The van der Waals surface area contributed by atoms with Gasteiger partial charge in [0.25, 0.3) is 0 Å². The number of hydrogen-bond acceptors (Lipinski definition) is 2. The van der Waals surface area contributed by atoms with Crippen LogP contribution in [0.15, 0.2) is 16.5 Å². The Hall–Kier alpha value is -0.240. The van der Waals surface area contributed by atoms with E-state index in [4.69, 9.17) is 0 Å². The maximum Gasteiger partial charge on any atom is 0.0374 e. The van der Waals surface area contributed by atoms with Crippen LogP contribution < -0.4 is 0 Å². The van der Waals surface area contributed by atoms with Crippen molar-refractivity contribution in [2.45, 2.75) is 26.7 Å². The lowest BCUT2D eigenvalue weighted by Gasteiger charge is -1.90. The van der Waals surface area contributed by atoms with Crippen molar-refractivity contribution < 1.29 is 0 Å². The summed E-state index contributed by atoms with van der Waals surface area (Å²) >= 11 is 1.61. The molecular formula is C8H15NS. The zero-order valence-electron chi connectivity index (χ0n) is 6.76. The summed E-state index contributed by atoms with van der Waals surface area (Å²) in [5, 5.41) is 0. The third-order valence-corrected chi connectivity index (χ3v) is 1.66. The summed E-state index contributed by atoms with van der Waals surface area (Å²) in [6, 6.07) is 0. The van der Waals surface area contributed by atoms with Crippen molar-refractivity contribution in [2.75, 3.05) is 5.75 Å². The second-order valence-electron chi connectivity index (χ2n) is 2.27. The number of allylic oxidation sites excluding steroid dienone is 1. The van der Waals surface area contributed by atoms with Crippen LogP contribution in [0, 0.1) is 0 Å². The van der Waals surface area contributed by atoms with Gasteiger partial charge in [-0.2, -0.15) is 0 Å². The molecule has 0 spiro atoms. The zero-order chi connectivity index (χ0) is 7.82. The maximum absolute atomic E-state index is 4.10. The minimum Gasteiger partial charge on any atom is -0.224 e. The maximum atomic E-state index is 4.10. The molecule has 0 amide bonds. The van der Waals surface area contributed by atoms with Crippen LogP contribution in [0.25, 0.3) is 0 Å². The molecule has 0 atom stereocenters. The molecule has 1 nitrogen and oxygen atoms in total. The molecule has 10 heavy (non-hydrogen) atoms. The Kier molecular flexibility index (Phi) is 6.71. The van der Waals surface area contributed by atoms with Crippen molar-refractivity contribution in [1.82, 2.24) is 0 Å². The van der Waals surface area contributed by atoms with E-state index in [2.05, 4.69) is 17.9 Å². The fourth-order valence-corrected chi connectivity index (χ4v) is 1.17. The third-order valence-electron chi connectivity index (χ3n) is 0.937. The fraction of sp³-hybridized carbons (Fsp3) is 0.625. The molecule has 0 radical (unpaired) electrons. The van der Waals surface area contributed by atoms with Gasteiger partial charge in [0, 0.05) is 12.0 Å². The van der Waals surface area contributed by atoms with E-state index in [9.17, 15) is 0 Å². The topological polar surface area (TPSA) is 12.4 Å². The number of rotatable bonds is 5. The smallest absolute Gasteiger partial charge is 0.0374 e. The lowest BCUT2D eigenvalue weighted by molar-refractivity contribution is 0.897. The van der Waals surface area contributed by atoms with E-state index in [0.29, 0.717) is 0 Å². The summed E-state index contributed by atoms with van der Waals surface area (Å²) in [6.07, 6.45) is 4.30. The Bertz CT molecular complexity index is 118. The molecule has 0 N–H and O–H groups in total. The lowest BCUT2D eigenvalue weighted by Crippen LogP contribution is -1.75. The van der Waals surface area contributed by atoms with Gasteiger partial charge in [-0.05, 0) is 30.9 Å². The molecule has 0 fully saturated rings. The Labute approximate surface area is 67.8 Å². The fourth-order valence-electron chi connectivity index (χ4n) is 0.389. The van der Waals surface area contributed by atoms with Gasteiger partial charge in [0.1, 0.15) is 0 Å². The van der Waals surface area contributed by atoms with Gasteiger partial charge in [-0.3, -0.25) is 0 Å². The predicted octanol–water partition coefficient (Wildman–Crippen LogP) is 3.08. The van der Waals surface area contributed by atoms with Crippen LogP contribution in [0.4, 0.5) is 0 Å². The average Bonchev–Trinajstić information content (AvgIpc) is 1.87. The summed E-state index contributed by atoms with van der Waals surface area (Å²) in [4.78, 5) is 0. The van der Waals surface area contributed by atoms with E-state index >= 15 is 0 Å². The molecule has 0 bridgehead atoms. The van der Waals surface area contributed by atoms with Crippen LogP contribution in [-0.4, -0.2) is 12.0 Å². The van der Waals surface area contributed by atoms with Crippen LogP contribution in [0.3, 0.4) is 0 Å². The van der Waals surface area contributed by atoms with Crippen LogP contribution in [0.1, 0.15) is 26.7 Å². The van der Waals surface area contributed by atoms with Crippen LogP contribution in [0.5, 0.6) is 0 Å². The SMILES string of the molecule is C=C(C)/C=N\SCCCC. The van der Waals surface area contributed by atoms with Crippen LogP contribution in [-0.2, 0) is 0 Å². The first-order chi connectivity index (χ1) is 4.77. The molecular weight excluding hydrogens is 142 g/mol. The normalized spacial score (nSPS) is 10.6. The highest BCUT2D eigenvalue weighted by Gasteiger charge is 1.81. The molecule has 0 heterocycles. The molecule has 58 valence electrons. The van der Waals surface area contributed by atoms with Crippen molar-refractivity contribution in [3.8, 4) is 0 Å². The van der Waals surface area contributed by atoms with Gasteiger partial charge in [-0.1, -0.05) is 19.9 Å². The zero-order valence-corrected chi connectivity index (χ0v) is 7.58. The second-order valence-corrected chi connectivity index (χ2v) is 3.14. The standard InChI is InChI=1S/C8H15NS/c1-4-5-6-10-9-7-8(2)3/h7H,2,4-6H2,1,3H3/b9-7-. The van der Waals surface area contributed by atoms with E-state index in [1.807, 2.05) is 6.92 Å². The average molecular weight is 157 g/mol. The van der Waals surface area contributed by atoms with Crippen molar-refractivity contribution in [3.05, 3.63) is 12.2 Å². The highest BCUT2D eigenvalue weighted by Crippen LogP contribution is 2.04. The van der Waals surface area contributed by atoms with Crippen molar-refractivity contribution in [2.24, 2.45) is 4.40 Å². The quantitative estimate of drug-likeness (QED) is 0.339. The van der Waals surface area contributed by atoms with E-state index in [-0.39, 0.29) is 0 Å². The Morgan fingerprint density at radius 1 is 1.70 bits per heavy atom. The molecule has 0 rings (SSSR count). The minimum atomic E-state index is 1.02. The predicted molar refractivity (Wildman–Crippen MR) is 50.7 cm³/mol. The minimum absolute atomic E-state index is 1.02. The van der Waals surface area contributed by atoms with E-state index in [0.717, 1.165) is 11.3 Å². The Balaban J connectivity index is 3.10. The van der Waals surface area contributed by atoms with Gasteiger partial charge in [0.15, 0.2) is 0 Å². The van der Waals surface area contributed by atoms with Gasteiger partial charge >= 0.3 is 0 Å². The van der Waals surface area contributed by atoms with E-state index < -0.39 is 0 Å². The molecule has 2 heteroatoms. The first-order valence-corrected chi connectivity index (χ1v) is 4.52. The van der Waals surface area contributed by atoms with Gasteiger partial charge in [0.2, 0.25) is 0 Å². The molecule has 0 saturated heterocycles.